The van der Waals surface area contributed by atoms with Crippen molar-refractivity contribution in [2.45, 2.75) is 43.5 Å². The van der Waals surface area contributed by atoms with Gasteiger partial charge in [-0.05, 0) is 19.3 Å². The van der Waals surface area contributed by atoms with Gasteiger partial charge >= 0.3 is 6.09 Å². The van der Waals surface area contributed by atoms with Gasteiger partial charge < -0.3 is 9.47 Å². The summed E-state index contributed by atoms with van der Waals surface area (Å²) in [6.07, 6.45) is 2.58. The maximum atomic E-state index is 11.6. The number of alkyl carbamates (subject to hydrolysis) is 1. The lowest BCUT2D eigenvalue weighted by Crippen LogP contribution is -2.52. The molecule has 0 aromatic heterocycles. The third kappa shape index (κ3) is 0.877. The van der Waals surface area contributed by atoms with Crippen molar-refractivity contribution in [1.82, 2.24) is 5.32 Å². The molecule has 3 saturated heterocycles. The standard InChI is InChI=1S/C9H11NO4/c11-7-9(14-8(12)10-7)4-3-5-1-2-6(9)13-5/h5-6H,1-4H2,(H,10,11,12). The first kappa shape index (κ1) is 8.23. The molecule has 2 amide bonds. The number of rotatable bonds is 0. The van der Waals surface area contributed by atoms with Crippen LogP contribution in [0.5, 0.6) is 0 Å². The average molecular weight is 197 g/mol. The summed E-state index contributed by atoms with van der Waals surface area (Å²) in [7, 11) is 0. The molecule has 14 heavy (non-hydrogen) atoms. The number of fused-ring (bicyclic) bond motifs is 3. The molecule has 3 fully saturated rings. The lowest BCUT2D eigenvalue weighted by molar-refractivity contribution is -0.158. The molecule has 5 nitrogen and oxygen atoms in total. The van der Waals surface area contributed by atoms with Crippen molar-refractivity contribution in [2.75, 3.05) is 0 Å². The van der Waals surface area contributed by atoms with E-state index in [1.165, 1.54) is 0 Å². The van der Waals surface area contributed by atoms with E-state index in [1.54, 1.807) is 0 Å². The minimum atomic E-state index is -1.01. The van der Waals surface area contributed by atoms with Crippen LogP contribution in [0, 0.1) is 0 Å². The van der Waals surface area contributed by atoms with E-state index < -0.39 is 11.7 Å². The second-order valence-corrected chi connectivity index (χ2v) is 4.10. The number of carbonyl (C=O) groups excluding carboxylic acids is 2. The van der Waals surface area contributed by atoms with Gasteiger partial charge in [-0.1, -0.05) is 0 Å². The summed E-state index contributed by atoms with van der Waals surface area (Å²) in [4.78, 5) is 22.6. The molecule has 2 bridgehead atoms. The highest BCUT2D eigenvalue weighted by Gasteiger charge is 2.59. The van der Waals surface area contributed by atoms with Crippen LogP contribution in [0.15, 0.2) is 0 Å². The predicted octanol–water partition coefficient (Wildman–Crippen LogP) is 0.333. The molecule has 0 aromatic rings. The topological polar surface area (TPSA) is 64.6 Å². The highest BCUT2D eigenvalue weighted by atomic mass is 16.6. The summed E-state index contributed by atoms with van der Waals surface area (Å²) in [6, 6.07) is 0. The normalized spacial score (nSPS) is 45.4. The third-order valence-corrected chi connectivity index (χ3v) is 3.34. The van der Waals surface area contributed by atoms with Crippen molar-refractivity contribution < 1.29 is 19.1 Å². The van der Waals surface area contributed by atoms with E-state index in [9.17, 15) is 9.59 Å². The average Bonchev–Trinajstić information content (AvgIpc) is 2.65. The molecule has 3 aliphatic rings. The highest BCUT2D eigenvalue weighted by molar-refractivity contribution is 6.03. The highest BCUT2D eigenvalue weighted by Crippen LogP contribution is 2.43. The number of imide groups is 1. The van der Waals surface area contributed by atoms with Gasteiger partial charge in [-0.25, -0.2) is 4.79 Å². The van der Waals surface area contributed by atoms with E-state index in [-0.39, 0.29) is 18.1 Å². The SMILES string of the molecule is O=C1NC(=O)C2(CCC3CCC2O3)O1. The molecule has 5 heteroatoms. The molecule has 76 valence electrons. The Morgan fingerprint density at radius 3 is 2.86 bits per heavy atom. The predicted molar refractivity (Wildman–Crippen MR) is 44.5 cm³/mol. The Balaban J connectivity index is 1.95. The minimum absolute atomic E-state index is 0.229. The van der Waals surface area contributed by atoms with E-state index in [1.807, 2.05) is 0 Å². The van der Waals surface area contributed by atoms with Crippen LogP contribution >= 0.6 is 0 Å². The van der Waals surface area contributed by atoms with Crippen molar-refractivity contribution in [3.8, 4) is 0 Å². The molecule has 0 aliphatic carbocycles. The zero-order valence-corrected chi connectivity index (χ0v) is 7.62. The Kier molecular flexibility index (Phi) is 1.45. The Hall–Kier alpha value is -1.10. The quantitative estimate of drug-likeness (QED) is 0.608. The van der Waals surface area contributed by atoms with Crippen LogP contribution in [-0.2, 0) is 14.3 Å². The van der Waals surface area contributed by atoms with Crippen LogP contribution < -0.4 is 5.32 Å². The lowest BCUT2D eigenvalue weighted by Gasteiger charge is -2.34. The molecular formula is C9H11NO4. The maximum Gasteiger partial charge on any atom is 0.415 e. The zero-order valence-electron chi connectivity index (χ0n) is 7.62. The van der Waals surface area contributed by atoms with Gasteiger partial charge in [0, 0.05) is 6.42 Å². The third-order valence-electron chi connectivity index (χ3n) is 3.34. The summed E-state index contributed by atoms with van der Waals surface area (Å²) < 4.78 is 10.7. The molecule has 3 heterocycles. The fraction of sp³-hybridized carbons (Fsp3) is 0.778. The lowest BCUT2D eigenvalue weighted by atomic mass is 9.89. The summed E-state index contributed by atoms with van der Waals surface area (Å²) in [5.41, 5.74) is -1.01. The van der Waals surface area contributed by atoms with Gasteiger partial charge in [0.2, 0.25) is 5.60 Å². The molecular weight excluding hydrogens is 186 g/mol. The number of carbonyl (C=O) groups is 2. The smallest absolute Gasteiger partial charge is 0.415 e. The molecule has 3 rings (SSSR count). The number of hydrogen-bond acceptors (Lipinski definition) is 4. The summed E-state index contributed by atoms with van der Waals surface area (Å²) >= 11 is 0. The van der Waals surface area contributed by atoms with Crippen molar-refractivity contribution in [1.29, 1.82) is 0 Å². The zero-order chi connectivity index (χ0) is 9.76. The number of amides is 2. The molecule has 3 atom stereocenters. The first-order valence-corrected chi connectivity index (χ1v) is 4.90. The summed E-state index contributed by atoms with van der Waals surface area (Å²) in [6.45, 7) is 0. The van der Waals surface area contributed by atoms with Crippen LogP contribution in [0.4, 0.5) is 4.79 Å². The van der Waals surface area contributed by atoms with E-state index in [4.69, 9.17) is 9.47 Å². The Morgan fingerprint density at radius 2 is 2.14 bits per heavy atom. The van der Waals surface area contributed by atoms with Crippen LogP contribution in [0.2, 0.25) is 0 Å². The number of hydrogen-bond donors (Lipinski definition) is 1. The fourth-order valence-electron chi connectivity index (χ4n) is 2.61. The molecule has 0 saturated carbocycles. The Morgan fingerprint density at radius 1 is 1.29 bits per heavy atom. The number of nitrogens with one attached hydrogen (secondary N) is 1. The van der Waals surface area contributed by atoms with Gasteiger partial charge in [0.1, 0.15) is 6.10 Å². The molecule has 3 unspecified atom stereocenters. The maximum absolute atomic E-state index is 11.6. The van der Waals surface area contributed by atoms with E-state index in [0.717, 1.165) is 19.3 Å². The molecule has 1 spiro atoms. The first-order chi connectivity index (χ1) is 6.71. The Labute approximate surface area is 80.7 Å². The second kappa shape index (κ2) is 2.48. The van der Waals surface area contributed by atoms with Crippen molar-refractivity contribution in [3.05, 3.63) is 0 Å². The van der Waals surface area contributed by atoms with Crippen molar-refractivity contribution in [3.63, 3.8) is 0 Å². The van der Waals surface area contributed by atoms with E-state index in [2.05, 4.69) is 5.32 Å². The number of ether oxygens (including phenoxy) is 2. The first-order valence-electron chi connectivity index (χ1n) is 4.90. The van der Waals surface area contributed by atoms with Gasteiger partial charge in [-0.15, -0.1) is 0 Å². The van der Waals surface area contributed by atoms with Crippen LogP contribution in [0.3, 0.4) is 0 Å². The minimum Gasteiger partial charge on any atom is -0.430 e. The van der Waals surface area contributed by atoms with Gasteiger partial charge in [-0.2, -0.15) is 0 Å². The summed E-state index contributed by atoms with van der Waals surface area (Å²) in [5, 5.41) is 2.18. The van der Waals surface area contributed by atoms with Gasteiger partial charge in [0.05, 0.1) is 6.10 Å². The van der Waals surface area contributed by atoms with Gasteiger partial charge in [0.15, 0.2) is 0 Å². The molecule has 3 aliphatic heterocycles. The van der Waals surface area contributed by atoms with Gasteiger partial charge in [0.25, 0.3) is 5.91 Å². The van der Waals surface area contributed by atoms with Crippen LogP contribution in [0.25, 0.3) is 0 Å². The van der Waals surface area contributed by atoms with Crippen LogP contribution in [-0.4, -0.2) is 29.8 Å². The molecule has 0 aromatic carbocycles. The Bertz CT molecular complexity index is 316. The van der Waals surface area contributed by atoms with Gasteiger partial charge in [-0.3, -0.25) is 10.1 Å². The van der Waals surface area contributed by atoms with E-state index in [0.29, 0.717) is 6.42 Å². The molecule has 1 N–H and O–H groups in total. The van der Waals surface area contributed by atoms with Crippen LogP contribution in [0.1, 0.15) is 25.7 Å². The fourth-order valence-corrected chi connectivity index (χ4v) is 2.61. The largest absolute Gasteiger partial charge is 0.430 e. The summed E-state index contributed by atoms with van der Waals surface area (Å²) in [5.74, 6) is -0.326. The monoisotopic (exact) mass is 197 g/mol. The van der Waals surface area contributed by atoms with E-state index >= 15 is 0 Å². The molecule has 0 radical (unpaired) electrons. The van der Waals surface area contributed by atoms with Crippen molar-refractivity contribution in [2.24, 2.45) is 0 Å². The second-order valence-electron chi connectivity index (χ2n) is 4.10. The van der Waals surface area contributed by atoms with Crippen molar-refractivity contribution >= 4 is 12.0 Å².